The van der Waals surface area contributed by atoms with Crippen molar-refractivity contribution in [2.24, 2.45) is 5.92 Å². The predicted molar refractivity (Wildman–Crippen MR) is 57.9 cm³/mol. The molecule has 0 radical (unpaired) electrons. The minimum Gasteiger partial charge on any atom is -0.393 e. The molecule has 0 amide bonds. The smallest absolute Gasteiger partial charge is 0.216 e. The van der Waals surface area contributed by atoms with Crippen molar-refractivity contribution in [3.8, 4) is 0 Å². The number of sulfonamides is 1. The Labute approximate surface area is 91.3 Å². The quantitative estimate of drug-likeness (QED) is 0.775. The fourth-order valence-corrected chi connectivity index (χ4v) is 4.11. The highest BCUT2D eigenvalue weighted by Gasteiger charge is 2.42. The second kappa shape index (κ2) is 4.03. The molecule has 2 unspecified atom stereocenters. The molecule has 0 aromatic carbocycles. The standard InChI is InChI=1S/C10H19NO3S/c1-2-8-7-11(6-5-10(8)12)15(13,14)9-3-4-9/h8-10,12H,2-7H2,1H3. The minimum absolute atomic E-state index is 0.118. The zero-order valence-electron chi connectivity index (χ0n) is 9.09. The van der Waals surface area contributed by atoms with Crippen LogP contribution in [0.5, 0.6) is 0 Å². The highest BCUT2D eigenvalue weighted by atomic mass is 32.2. The lowest BCUT2D eigenvalue weighted by Gasteiger charge is -2.35. The fourth-order valence-electron chi connectivity index (χ4n) is 2.20. The van der Waals surface area contributed by atoms with Crippen LogP contribution in [0.3, 0.4) is 0 Å². The Bertz CT molecular complexity index is 324. The molecule has 1 heterocycles. The molecule has 1 saturated heterocycles. The number of aliphatic hydroxyl groups excluding tert-OH is 1. The second-order valence-corrected chi connectivity index (χ2v) is 6.84. The van der Waals surface area contributed by atoms with E-state index in [9.17, 15) is 13.5 Å². The van der Waals surface area contributed by atoms with E-state index in [4.69, 9.17) is 0 Å². The van der Waals surface area contributed by atoms with Crippen molar-refractivity contribution in [1.82, 2.24) is 4.31 Å². The lowest BCUT2D eigenvalue weighted by Crippen LogP contribution is -2.46. The summed E-state index contributed by atoms with van der Waals surface area (Å²) in [5.74, 6) is 0.118. The Hall–Kier alpha value is -0.130. The molecule has 2 aliphatic rings. The van der Waals surface area contributed by atoms with E-state index in [0.717, 1.165) is 19.3 Å². The van der Waals surface area contributed by atoms with Crippen LogP contribution in [0.2, 0.25) is 0 Å². The van der Waals surface area contributed by atoms with Gasteiger partial charge in [-0.15, -0.1) is 0 Å². The van der Waals surface area contributed by atoms with Crippen molar-refractivity contribution in [1.29, 1.82) is 0 Å². The summed E-state index contributed by atoms with van der Waals surface area (Å²) < 4.78 is 25.5. The molecule has 5 heteroatoms. The van der Waals surface area contributed by atoms with Gasteiger partial charge in [0.1, 0.15) is 0 Å². The monoisotopic (exact) mass is 233 g/mol. The molecule has 15 heavy (non-hydrogen) atoms. The summed E-state index contributed by atoms with van der Waals surface area (Å²) >= 11 is 0. The second-order valence-electron chi connectivity index (χ2n) is 4.63. The Morgan fingerprint density at radius 1 is 1.33 bits per heavy atom. The van der Waals surface area contributed by atoms with Crippen molar-refractivity contribution >= 4 is 10.0 Å². The number of rotatable bonds is 3. The van der Waals surface area contributed by atoms with Gasteiger partial charge in [-0.05, 0) is 31.6 Å². The molecular formula is C10H19NO3S. The Kier molecular flexibility index (Phi) is 3.05. The van der Waals surface area contributed by atoms with E-state index < -0.39 is 10.0 Å². The van der Waals surface area contributed by atoms with Crippen LogP contribution in [0.4, 0.5) is 0 Å². The Morgan fingerprint density at radius 2 is 2.00 bits per heavy atom. The molecule has 0 aromatic rings. The van der Waals surface area contributed by atoms with E-state index in [1.165, 1.54) is 0 Å². The van der Waals surface area contributed by atoms with Gasteiger partial charge in [-0.25, -0.2) is 12.7 Å². The first-order valence-electron chi connectivity index (χ1n) is 5.72. The normalized spacial score (nSPS) is 34.3. The topological polar surface area (TPSA) is 57.6 Å². The SMILES string of the molecule is CCC1CN(S(=O)(=O)C2CC2)CCC1O. The van der Waals surface area contributed by atoms with Crippen molar-refractivity contribution in [3.05, 3.63) is 0 Å². The average molecular weight is 233 g/mol. The van der Waals surface area contributed by atoms with E-state index in [-0.39, 0.29) is 17.3 Å². The first-order chi connectivity index (χ1) is 7.05. The molecular weight excluding hydrogens is 214 g/mol. The van der Waals surface area contributed by atoms with Crippen LogP contribution < -0.4 is 0 Å². The van der Waals surface area contributed by atoms with Crippen LogP contribution in [0, 0.1) is 5.92 Å². The zero-order valence-corrected chi connectivity index (χ0v) is 9.91. The van der Waals surface area contributed by atoms with Crippen molar-refractivity contribution < 1.29 is 13.5 Å². The average Bonchev–Trinajstić information content (AvgIpc) is 3.01. The van der Waals surface area contributed by atoms with Gasteiger partial charge in [0.15, 0.2) is 0 Å². The van der Waals surface area contributed by atoms with Crippen LogP contribution in [-0.2, 0) is 10.0 Å². The Morgan fingerprint density at radius 3 is 2.53 bits per heavy atom. The molecule has 0 spiro atoms. The predicted octanol–water partition coefficient (Wildman–Crippen LogP) is 0.571. The number of nitrogens with zero attached hydrogens (tertiary/aromatic N) is 1. The third-order valence-corrected chi connectivity index (χ3v) is 5.85. The van der Waals surface area contributed by atoms with Crippen molar-refractivity contribution in [2.45, 2.75) is 44.0 Å². The number of aliphatic hydroxyl groups is 1. The number of piperidine rings is 1. The lowest BCUT2D eigenvalue weighted by atomic mass is 9.94. The van der Waals surface area contributed by atoms with Crippen molar-refractivity contribution in [3.63, 3.8) is 0 Å². The molecule has 2 atom stereocenters. The van der Waals surface area contributed by atoms with Gasteiger partial charge in [0.2, 0.25) is 10.0 Å². The summed E-state index contributed by atoms with van der Waals surface area (Å²) in [6, 6.07) is 0. The number of hydrogen-bond acceptors (Lipinski definition) is 3. The molecule has 0 bridgehead atoms. The lowest BCUT2D eigenvalue weighted by molar-refractivity contribution is 0.0520. The van der Waals surface area contributed by atoms with Gasteiger partial charge >= 0.3 is 0 Å². The van der Waals surface area contributed by atoms with Crippen LogP contribution in [0.1, 0.15) is 32.6 Å². The van der Waals surface area contributed by atoms with Crippen molar-refractivity contribution in [2.75, 3.05) is 13.1 Å². The van der Waals surface area contributed by atoms with Crippen LogP contribution in [0.15, 0.2) is 0 Å². The first kappa shape index (κ1) is 11.4. The highest BCUT2D eigenvalue weighted by molar-refractivity contribution is 7.90. The maximum Gasteiger partial charge on any atom is 0.216 e. The van der Waals surface area contributed by atoms with E-state index in [1.807, 2.05) is 6.92 Å². The molecule has 1 aliphatic carbocycles. The molecule has 2 rings (SSSR count). The van der Waals surface area contributed by atoms with E-state index >= 15 is 0 Å². The zero-order chi connectivity index (χ0) is 11.1. The highest BCUT2D eigenvalue weighted by Crippen LogP contribution is 2.33. The molecule has 1 aliphatic heterocycles. The van der Waals surface area contributed by atoms with E-state index in [2.05, 4.69) is 0 Å². The fraction of sp³-hybridized carbons (Fsp3) is 1.00. The summed E-state index contributed by atoms with van der Waals surface area (Å²) in [6.45, 7) is 3.01. The number of hydrogen-bond donors (Lipinski definition) is 1. The van der Waals surface area contributed by atoms with Gasteiger partial charge < -0.3 is 5.11 Å². The van der Waals surface area contributed by atoms with Crippen LogP contribution in [0.25, 0.3) is 0 Å². The summed E-state index contributed by atoms with van der Waals surface area (Å²) in [4.78, 5) is 0. The third-order valence-electron chi connectivity index (χ3n) is 3.49. The maximum absolute atomic E-state index is 12.0. The molecule has 0 aromatic heterocycles. The maximum atomic E-state index is 12.0. The largest absolute Gasteiger partial charge is 0.393 e. The van der Waals surface area contributed by atoms with Crippen LogP contribution in [-0.4, -0.2) is 42.3 Å². The molecule has 1 N–H and O–H groups in total. The summed E-state index contributed by atoms with van der Waals surface area (Å²) in [6.07, 6.45) is 2.75. The molecule has 4 nitrogen and oxygen atoms in total. The van der Waals surface area contributed by atoms with Gasteiger partial charge in [-0.3, -0.25) is 0 Å². The van der Waals surface area contributed by atoms with E-state index in [0.29, 0.717) is 19.5 Å². The van der Waals surface area contributed by atoms with E-state index in [1.54, 1.807) is 4.31 Å². The summed E-state index contributed by atoms with van der Waals surface area (Å²) in [7, 11) is -3.03. The Balaban J connectivity index is 2.05. The third kappa shape index (κ3) is 2.19. The van der Waals surface area contributed by atoms with Crippen LogP contribution >= 0.6 is 0 Å². The van der Waals surface area contributed by atoms with Gasteiger partial charge in [0.25, 0.3) is 0 Å². The van der Waals surface area contributed by atoms with Gasteiger partial charge in [-0.2, -0.15) is 0 Å². The van der Waals surface area contributed by atoms with Gasteiger partial charge in [0.05, 0.1) is 11.4 Å². The van der Waals surface area contributed by atoms with Gasteiger partial charge in [-0.1, -0.05) is 6.92 Å². The molecule has 1 saturated carbocycles. The minimum atomic E-state index is -3.03. The van der Waals surface area contributed by atoms with Gasteiger partial charge in [0, 0.05) is 13.1 Å². The molecule has 88 valence electrons. The first-order valence-corrected chi connectivity index (χ1v) is 7.23. The molecule has 2 fully saturated rings. The summed E-state index contributed by atoms with van der Waals surface area (Å²) in [5, 5.41) is 9.57. The summed E-state index contributed by atoms with van der Waals surface area (Å²) in [5.41, 5.74) is 0.